The second kappa shape index (κ2) is 6.05. The number of nitrogens with zero attached hydrogens (tertiary/aromatic N) is 3. The first-order valence-electron chi connectivity index (χ1n) is 6.82. The molecule has 0 aliphatic carbocycles. The Hall–Kier alpha value is -1.21. The van der Waals surface area contributed by atoms with Crippen molar-refractivity contribution in [2.75, 3.05) is 18.0 Å². The summed E-state index contributed by atoms with van der Waals surface area (Å²) in [5.41, 5.74) is 8.04. The van der Waals surface area contributed by atoms with Crippen LogP contribution in [0.15, 0.2) is 36.5 Å². The van der Waals surface area contributed by atoms with Crippen LogP contribution in [0, 0.1) is 3.57 Å². The van der Waals surface area contributed by atoms with Crippen LogP contribution < -0.4 is 10.6 Å². The molecule has 0 amide bonds. The Balaban J connectivity index is 1.84. The summed E-state index contributed by atoms with van der Waals surface area (Å²) in [7, 11) is 0. The molecule has 3 rings (SSSR count). The number of benzene rings is 1. The predicted molar refractivity (Wildman–Crippen MR) is 89.6 cm³/mol. The van der Waals surface area contributed by atoms with E-state index in [0.29, 0.717) is 6.04 Å². The number of hydrogen-bond donors (Lipinski definition) is 1. The van der Waals surface area contributed by atoms with Gasteiger partial charge >= 0.3 is 0 Å². The average molecular weight is 380 g/mol. The Morgan fingerprint density at radius 3 is 2.50 bits per heavy atom. The van der Waals surface area contributed by atoms with E-state index in [-0.39, 0.29) is 0 Å². The first kappa shape index (κ1) is 13.8. The van der Waals surface area contributed by atoms with Crippen LogP contribution in [0.3, 0.4) is 0 Å². The Morgan fingerprint density at radius 2 is 1.80 bits per heavy atom. The van der Waals surface area contributed by atoms with Gasteiger partial charge in [0.15, 0.2) is 0 Å². The molecule has 1 fully saturated rings. The molecule has 20 heavy (non-hydrogen) atoms. The smallest absolute Gasteiger partial charge is 0.225 e. The summed E-state index contributed by atoms with van der Waals surface area (Å²) in [6.45, 7) is 1.88. The molecule has 1 aromatic carbocycles. The number of anilines is 1. The van der Waals surface area contributed by atoms with E-state index < -0.39 is 0 Å². The first-order valence-corrected chi connectivity index (χ1v) is 7.90. The van der Waals surface area contributed by atoms with Crippen LogP contribution in [0.1, 0.15) is 12.8 Å². The predicted octanol–water partition coefficient (Wildman–Crippen LogP) is 2.68. The molecule has 1 saturated heterocycles. The van der Waals surface area contributed by atoms with Gasteiger partial charge in [0.05, 0.1) is 5.69 Å². The zero-order valence-electron chi connectivity index (χ0n) is 11.2. The Morgan fingerprint density at radius 1 is 1.10 bits per heavy atom. The van der Waals surface area contributed by atoms with E-state index in [4.69, 9.17) is 10.7 Å². The quantitative estimate of drug-likeness (QED) is 0.815. The van der Waals surface area contributed by atoms with Crippen LogP contribution in [0.4, 0.5) is 5.95 Å². The van der Waals surface area contributed by atoms with Crippen LogP contribution in [0.5, 0.6) is 0 Å². The molecular formula is C15H17IN4. The van der Waals surface area contributed by atoms with Gasteiger partial charge in [0.1, 0.15) is 0 Å². The lowest BCUT2D eigenvalue weighted by atomic mass is 10.1. The molecule has 1 aliphatic rings. The fraction of sp³-hybridized carbons (Fsp3) is 0.333. The standard InChI is InChI=1S/C15H17IN4/c16-12-3-1-11(2-4-12)14-5-8-18-15(19-14)20-9-6-13(17)7-10-20/h1-5,8,13H,6-7,9-10,17H2. The summed E-state index contributed by atoms with van der Waals surface area (Å²) < 4.78 is 1.23. The van der Waals surface area contributed by atoms with Crippen molar-refractivity contribution in [2.24, 2.45) is 5.73 Å². The highest BCUT2D eigenvalue weighted by molar-refractivity contribution is 14.1. The number of rotatable bonds is 2. The molecule has 2 aromatic rings. The zero-order chi connectivity index (χ0) is 13.9. The monoisotopic (exact) mass is 380 g/mol. The van der Waals surface area contributed by atoms with Gasteiger partial charge in [-0.15, -0.1) is 0 Å². The van der Waals surface area contributed by atoms with Gasteiger partial charge in [-0.2, -0.15) is 0 Å². The van der Waals surface area contributed by atoms with Crippen LogP contribution in [0.25, 0.3) is 11.3 Å². The van der Waals surface area contributed by atoms with Crippen molar-refractivity contribution in [3.05, 3.63) is 40.1 Å². The maximum Gasteiger partial charge on any atom is 0.225 e. The van der Waals surface area contributed by atoms with Gasteiger partial charge in [-0.05, 0) is 53.6 Å². The Labute approximate surface area is 132 Å². The van der Waals surface area contributed by atoms with Crippen LogP contribution in [0.2, 0.25) is 0 Å². The third-order valence-corrected chi connectivity index (χ3v) is 4.32. The number of hydrogen-bond acceptors (Lipinski definition) is 4. The maximum atomic E-state index is 5.94. The van der Waals surface area contributed by atoms with Gasteiger partial charge in [0.2, 0.25) is 5.95 Å². The van der Waals surface area contributed by atoms with E-state index in [9.17, 15) is 0 Å². The zero-order valence-corrected chi connectivity index (χ0v) is 13.3. The minimum absolute atomic E-state index is 0.325. The molecule has 2 heterocycles. The first-order chi connectivity index (χ1) is 9.72. The molecule has 0 saturated carbocycles. The van der Waals surface area contributed by atoms with Crippen LogP contribution in [-0.4, -0.2) is 29.1 Å². The normalized spacial score (nSPS) is 16.4. The molecular weight excluding hydrogens is 363 g/mol. The third-order valence-electron chi connectivity index (χ3n) is 3.61. The molecule has 5 heteroatoms. The molecule has 2 N–H and O–H groups in total. The van der Waals surface area contributed by atoms with Crippen LogP contribution >= 0.6 is 22.6 Å². The highest BCUT2D eigenvalue weighted by atomic mass is 127. The number of halogens is 1. The second-order valence-corrected chi connectivity index (χ2v) is 6.32. The van der Waals surface area contributed by atoms with Crippen molar-refractivity contribution in [1.29, 1.82) is 0 Å². The lowest BCUT2D eigenvalue weighted by Gasteiger charge is -2.30. The summed E-state index contributed by atoms with van der Waals surface area (Å²) >= 11 is 2.31. The Kier molecular flexibility index (Phi) is 4.16. The van der Waals surface area contributed by atoms with Gasteiger partial charge in [-0.3, -0.25) is 0 Å². The topological polar surface area (TPSA) is 55.0 Å². The van der Waals surface area contributed by atoms with E-state index in [1.54, 1.807) is 0 Å². The SMILES string of the molecule is NC1CCN(c2nccc(-c3ccc(I)cc3)n2)CC1. The van der Waals surface area contributed by atoms with E-state index in [1.165, 1.54) is 3.57 Å². The lowest BCUT2D eigenvalue weighted by molar-refractivity contribution is 0.495. The largest absolute Gasteiger partial charge is 0.341 e. The summed E-state index contributed by atoms with van der Waals surface area (Å²) in [5.74, 6) is 0.813. The molecule has 0 atom stereocenters. The molecule has 4 nitrogen and oxygen atoms in total. The number of piperidine rings is 1. The Bertz CT molecular complexity index is 577. The summed E-state index contributed by atoms with van der Waals surface area (Å²) in [6.07, 6.45) is 3.86. The van der Waals surface area contributed by atoms with Gasteiger partial charge in [0.25, 0.3) is 0 Å². The van der Waals surface area contributed by atoms with Gasteiger partial charge < -0.3 is 10.6 Å². The average Bonchev–Trinajstić information content (AvgIpc) is 2.49. The number of aromatic nitrogens is 2. The minimum atomic E-state index is 0.325. The molecule has 104 valence electrons. The molecule has 0 bridgehead atoms. The van der Waals surface area contributed by atoms with Crippen molar-refractivity contribution in [1.82, 2.24) is 9.97 Å². The van der Waals surface area contributed by atoms with Crippen molar-refractivity contribution < 1.29 is 0 Å². The van der Waals surface area contributed by atoms with E-state index in [0.717, 1.165) is 43.1 Å². The van der Waals surface area contributed by atoms with Gasteiger partial charge in [-0.1, -0.05) is 12.1 Å². The van der Waals surface area contributed by atoms with E-state index in [1.807, 2.05) is 12.3 Å². The summed E-state index contributed by atoms with van der Waals surface area (Å²) in [4.78, 5) is 11.3. The van der Waals surface area contributed by atoms with Gasteiger partial charge in [-0.25, -0.2) is 9.97 Å². The van der Waals surface area contributed by atoms with Crippen molar-refractivity contribution in [2.45, 2.75) is 18.9 Å². The van der Waals surface area contributed by atoms with E-state index in [2.05, 4.69) is 56.7 Å². The highest BCUT2D eigenvalue weighted by Gasteiger charge is 2.18. The summed E-state index contributed by atoms with van der Waals surface area (Å²) in [6, 6.07) is 10.7. The minimum Gasteiger partial charge on any atom is -0.341 e. The van der Waals surface area contributed by atoms with E-state index >= 15 is 0 Å². The lowest BCUT2D eigenvalue weighted by Crippen LogP contribution is -2.40. The molecule has 1 aliphatic heterocycles. The summed E-state index contributed by atoms with van der Waals surface area (Å²) in [5, 5.41) is 0. The van der Waals surface area contributed by atoms with Crippen molar-refractivity contribution in [3.8, 4) is 11.3 Å². The molecule has 0 spiro atoms. The fourth-order valence-electron chi connectivity index (χ4n) is 2.38. The third kappa shape index (κ3) is 3.09. The van der Waals surface area contributed by atoms with Gasteiger partial charge in [0, 0.05) is 34.5 Å². The van der Waals surface area contributed by atoms with Crippen molar-refractivity contribution in [3.63, 3.8) is 0 Å². The molecule has 1 aromatic heterocycles. The number of nitrogens with two attached hydrogens (primary N) is 1. The molecule has 0 unspecified atom stereocenters. The van der Waals surface area contributed by atoms with Crippen LogP contribution in [-0.2, 0) is 0 Å². The highest BCUT2D eigenvalue weighted by Crippen LogP contribution is 2.21. The second-order valence-electron chi connectivity index (χ2n) is 5.07. The molecule has 0 radical (unpaired) electrons. The van der Waals surface area contributed by atoms with Crippen molar-refractivity contribution >= 4 is 28.5 Å². The fourth-order valence-corrected chi connectivity index (χ4v) is 2.74. The maximum absolute atomic E-state index is 5.94.